The number of fused-ring (bicyclic) bond motifs is 1. The van der Waals surface area contributed by atoms with Gasteiger partial charge in [0.25, 0.3) is 5.91 Å². The van der Waals surface area contributed by atoms with E-state index in [9.17, 15) is 4.79 Å². The summed E-state index contributed by atoms with van der Waals surface area (Å²) in [6, 6.07) is 0. The molecule has 1 aromatic rings. The molecule has 0 saturated carbocycles. The molecular formula is C14H23N3O. The molecular weight excluding hydrogens is 226 g/mol. The minimum atomic E-state index is 0.109. The molecule has 18 heavy (non-hydrogen) atoms. The summed E-state index contributed by atoms with van der Waals surface area (Å²) in [4.78, 5) is 14.4. The maximum atomic E-state index is 12.5. The van der Waals surface area contributed by atoms with E-state index < -0.39 is 0 Å². The maximum Gasteiger partial charge on any atom is 0.274 e. The third kappa shape index (κ3) is 2.57. The highest BCUT2D eigenvalue weighted by molar-refractivity contribution is 5.94. The summed E-state index contributed by atoms with van der Waals surface area (Å²) in [6.45, 7) is 5.87. The molecule has 0 atom stereocenters. The van der Waals surface area contributed by atoms with Crippen molar-refractivity contribution in [1.29, 1.82) is 0 Å². The first kappa shape index (κ1) is 13.1. The molecule has 0 fully saturated rings. The van der Waals surface area contributed by atoms with Gasteiger partial charge in [0.1, 0.15) is 0 Å². The van der Waals surface area contributed by atoms with E-state index in [1.54, 1.807) is 0 Å². The zero-order valence-electron chi connectivity index (χ0n) is 11.5. The van der Waals surface area contributed by atoms with E-state index in [2.05, 4.69) is 24.0 Å². The molecule has 0 radical (unpaired) electrons. The number of aromatic amines is 1. The summed E-state index contributed by atoms with van der Waals surface area (Å²) >= 11 is 0. The lowest BCUT2D eigenvalue weighted by molar-refractivity contribution is 0.0748. The molecule has 1 aliphatic carbocycles. The van der Waals surface area contributed by atoms with E-state index in [0.29, 0.717) is 5.69 Å². The lowest BCUT2D eigenvalue weighted by Crippen LogP contribution is -2.33. The van der Waals surface area contributed by atoms with E-state index in [1.807, 2.05) is 4.90 Å². The fraction of sp³-hybridized carbons (Fsp3) is 0.714. The minimum absolute atomic E-state index is 0.109. The standard InChI is InChI=1S/C14H23N3O/c1-3-9-17(10-4-2)14(18)13-11-7-5-6-8-12(11)15-16-13/h3-10H2,1-2H3,(H,15,16). The van der Waals surface area contributed by atoms with Gasteiger partial charge in [-0.25, -0.2) is 0 Å². The van der Waals surface area contributed by atoms with Crippen molar-refractivity contribution >= 4 is 5.91 Å². The molecule has 0 unspecified atom stereocenters. The number of amides is 1. The predicted octanol–water partition coefficient (Wildman–Crippen LogP) is 2.55. The number of rotatable bonds is 5. The number of hydrogen-bond acceptors (Lipinski definition) is 2. The Morgan fingerprint density at radius 3 is 2.56 bits per heavy atom. The lowest BCUT2D eigenvalue weighted by atomic mass is 9.95. The Morgan fingerprint density at radius 1 is 1.22 bits per heavy atom. The second kappa shape index (κ2) is 6.03. The van der Waals surface area contributed by atoms with Gasteiger partial charge in [-0.3, -0.25) is 9.89 Å². The Labute approximate surface area is 109 Å². The normalized spacial score (nSPS) is 14.3. The van der Waals surface area contributed by atoms with Gasteiger partial charge in [0.15, 0.2) is 5.69 Å². The van der Waals surface area contributed by atoms with Crippen LogP contribution in [0.2, 0.25) is 0 Å². The van der Waals surface area contributed by atoms with Gasteiger partial charge >= 0.3 is 0 Å². The molecule has 0 spiro atoms. The largest absolute Gasteiger partial charge is 0.337 e. The van der Waals surface area contributed by atoms with Crippen molar-refractivity contribution in [3.05, 3.63) is 17.0 Å². The summed E-state index contributed by atoms with van der Waals surface area (Å²) in [5.41, 5.74) is 3.02. The number of nitrogens with zero attached hydrogens (tertiary/aromatic N) is 2. The van der Waals surface area contributed by atoms with Crippen LogP contribution in [-0.2, 0) is 12.8 Å². The highest BCUT2D eigenvalue weighted by Gasteiger charge is 2.24. The van der Waals surface area contributed by atoms with E-state index >= 15 is 0 Å². The summed E-state index contributed by atoms with van der Waals surface area (Å²) in [5.74, 6) is 0.109. The number of hydrogen-bond donors (Lipinski definition) is 1. The van der Waals surface area contributed by atoms with Crippen LogP contribution in [0.1, 0.15) is 61.3 Å². The van der Waals surface area contributed by atoms with Crippen molar-refractivity contribution < 1.29 is 4.79 Å². The van der Waals surface area contributed by atoms with Gasteiger partial charge in [0.05, 0.1) is 0 Å². The first-order valence-corrected chi connectivity index (χ1v) is 7.13. The Morgan fingerprint density at radius 2 is 1.89 bits per heavy atom. The number of H-pyrrole nitrogens is 1. The molecule has 0 saturated heterocycles. The molecule has 0 bridgehead atoms. The van der Waals surface area contributed by atoms with Gasteiger partial charge in [-0.05, 0) is 38.5 Å². The summed E-state index contributed by atoms with van der Waals surface area (Å²) in [6.07, 6.45) is 6.41. The van der Waals surface area contributed by atoms with Crippen LogP contribution in [0.5, 0.6) is 0 Å². The van der Waals surface area contributed by atoms with Crippen molar-refractivity contribution in [3.63, 3.8) is 0 Å². The van der Waals surface area contributed by atoms with Crippen molar-refractivity contribution in [2.45, 2.75) is 52.4 Å². The highest BCUT2D eigenvalue weighted by Crippen LogP contribution is 2.23. The van der Waals surface area contributed by atoms with Gasteiger partial charge in [0, 0.05) is 24.3 Å². The number of aromatic nitrogens is 2. The fourth-order valence-electron chi connectivity index (χ4n) is 2.66. The minimum Gasteiger partial charge on any atom is -0.337 e. The van der Waals surface area contributed by atoms with Gasteiger partial charge in [0.2, 0.25) is 0 Å². The van der Waals surface area contributed by atoms with E-state index in [1.165, 1.54) is 24.1 Å². The monoisotopic (exact) mass is 249 g/mol. The Bertz CT molecular complexity index is 405. The molecule has 1 aromatic heterocycles. The molecule has 1 amide bonds. The molecule has 100 valence electrons. The zero-order chi connectivity index (χ0) is 13.0. The predicted molar refractivity (Wildman–Crippen MR) is 71.7 cm³/mol. The van der Waals surface area contributed by atoms with Gasteiger partial charge in [-0.2, -0.15) is 5.10 Å². The van der Waals surface area contributed by atoms with Crippen molar-refractivity contribution in [1.82, 2.24) is 15.1 Å². The van der Waals surface area contributed by atoms with Crippen LogP contribution in [0, 0.1) is 0 Å². The van der Waals surface area contributed by atoms with E-state index in [0.717, 1.165) is 38.8 Å². The number of nitrogens with one attached hydrogen (secondary N) is 1. The fourth-order valence-corrected chi connectivity index (χ4v) is 2.66. The van der Waals surface area contributed by atoms with Crippen LogP contribution in [0.15, 0.2) is 0 Å². The molecule has 4 heteroatoms. The second-order valence-corrected chi connectivity index (χ2v) is 5.03. The SMILES string of the molecule is CCCN(CCC)C(=O)c1n[nH]c2c1CCCC2. The highest BCUT2D eigenvalue weighted by atomic mass is 16.2. The molecule has 1 aliphatic rings. The second-order valence-electron chi connectivity index (χ2n) is 5.03. The van der Waals surface area contributed by atoms with Gasteiger partial charge < -0.3 is 4.90 Å². The first-order valence-electron chi connectivity index (χ1n) is 7.13. The topological polar surface area (TPSA) is 49.0 Å². The molecule has 0 aromatic carbocycles. The van der Waals surface area contributed by atoms with E-state index in [4.69, 9.17) is 0 Å². The lowest BCUT2D eigenvalue weighted by Gasteiger charge is -2.21. The Hall–Kier alpha value is -1.32. The third-order valence-electron chi connectivity index (χ3n) is 3.53. The number of carbonyl (C=O) groups excluding carboxylic acids is 1. The number of aryl methyl sites for hydroxylation is 1. The first-order chi connectivity index (χ1) is 8.77. The summed E-state index contributed by atoms with van der Waals surface area (Å²) < 4.78 is 0. The van der Waals surface area contributed by atoms with Crippen LogP contribution >= 0.6 is 0 Å². The maximum absolute atomic E-state index is 12.5. The third-order valence-corrected chi connectivity index (χ3v) is 3.53. The molecule has 4 nitrogen and oxygen atoms in total. The van der Waals surface area contributed by atoms with Crippen molar-refractivity contribution in [2.75, 3.05) is 13.1 Å². The average Bonchev–Trinajstić information content (AvgIpc) is 2.81. The van der Waals surface area contributed by atoms with Crippen LogP contribution in [0.4, 0.5) is 0 Å². The smallest absolute Gasteiger partial charge is 0.274 e. The molecule has 1 N–H and O–H groups in total. The van der Waals surface area contributed by atoms with E-state index in [-0.39, 0.29) is 5.91 Å². The van der Waals surface area contributed by atoms with Gasteiger partial charge in [-0.1, -0.05) is 13.8 Å². The average molecular weight is 249 g/mol. The van der Waals surface area contributed by atoms with Gasteiger partial charge in [-0.15, -0.1) is 0 Å². The summed E-state index contributed by atoms with van der Waals surface area (Å²) in [7, 11) is 0. The van der Waals surface area contributed by atoms with Crippen LogP contribution < -0.4 is 0 Å². The Kier molecular flexibility index (Phi) is 4.39. The quantitative estimate of drug-likeness (QED) is 0.871. The number of carbonyl (C=O) groups is 1. The molecule has 2 rings (SSSR count). The Balaban J connectivity index is 2.18. The molecule has 1 heterocycles. The van der Waals surface area contributed by atoms with Crippen LogP contribution in [0.25, 0.3) is 0 Å². The molecule has 0 aliphatic heterocycles. The van der Waals surface area contributed by atoms with Crippen molar-refractivity contribution in [2.24, 2.45) is 0 Å². The van der Waals surface area contributed by atoms with Crippen LogP contribution in [0.3, 0.4) is 0 Å². The van der Waals surface area contributed by atoms with Crippen molar-refractivity contribution in [3.8, 4) is 0 Å². The summed E-state index contributed by atoms with van der Waals surface area (Å²) in [5, 5.41) is 7.32. The zero-order valence-corrected chi connectivity index (χ0v) is 11.5. The van der Waals surface area contributed by atoms with Crippen LogP contribution in [-0.4, -0.2) is 34.1 Å².